The van der Waals surface area contributed by atoms with Gasteiger partial charge in [-0.05, 0) is 39.8 Å². The Hall–Kier alpha value is -2.78. The predicted molar refractivity (Wildman–Crippen MR) is 106 cm³/mol. The van der Waals surface area contributed by atoms with Crippen LogP contribution in [0.3, 0.4) is 0 Å². The summed E-state index contributed by atoms with van der Waals surface area (Å²) in [5.74, 6) is -0.740. The summed E-state index contributed by atoms with van der Waals surface area (Å²) in [5, 5.41) is 11.4. The van der Waals surface area contributed by atoms with Gasteiger partial charge in [0.25, 0.3) is 5.69 Å². The first-order valence-electron chi connectivity index (χ1n) is 9.00. The monoisotopic (exact) mass is 418 g/mol. The van der Waals surface area contributed by atoms with Gasteiger partial charge in [-0.2, -0.15) is 4.31 Å². The minimum Gasteiger partial charge on any atom is -0.459 e. The first-order chi connectivity index (χ1) is 13.4. The summed E-state index contributed by atoms with van der Waals surface area (Å²) in [7, 11) is -4.06. The summed E-state index contributed by atoms with van der Waals surface area (Å²) < 4.78 is 32.8. The number of nitro groups is 1. The van der Waals surface area contributed by atoms with Crippen LogP contribution in [0.15, 0.2) is 53.4 Å². The first-order valence-corrected chi connectivity index (χ1v) is 10.4. The number of carbonyl (C=O) groups excluding carboxylic acids is 1. The number of nitrogens with zero attached hydrogens (tertiary/aromatic N) is 2. The lowest BCUT2D eigenvalue weighted by molar-refractivity contribution is -0.385. The van der Waals surface area contributed by atoms with Crippen LogP contribution >= 0.6 is 0 Å². The minimum absolute atomic E-state index is 0.0118. The summed E-state index contributed by atoms with van der Waals surface area (Å²) in [5.41, 5.74) is -0.0306. The zero-order valence-electron chi connectivity index (χ0n) is 16.5. The first kappa shape index (κ1) is 20.9. The van der Waals surface area contributed by atoms with Crippen molar-refractivity contribution in [3.05, 3.63) is 69.8 Å². The molecule has 0 aromatic heterocycles. The van der Waals surface area contributed by atoms with Crippen molar-refractivity contribution in [2.75, 3.05) is 0 Å². The summed E-state index contributed by atoms with van der Waals surface area (Å²) in [4.78, 5) is 23.6. The highest BCUT2D eigenvalue weighted by Gasteiger charge is 2.63. The maximum absolute atomic E-state index is 13.2. The number of nitro benzene ring substituents is 1. The third kappa shape index (κ3) is 4.15. The van der Waals surface area contributed by atoms with Crippen molar-refractivity contribution in [2.45, 2.75) is 50.3 Å². The predicted octanol–water partition coefficient (Wildman–Crippen LogP) is 3.36. The van der Waals surface area contributed by atoms with E-state index < -0.39 is 38.6 Å². The molecule has 0 N–H and O–H groups in total. The van der Waals surface area contributed by atoms with Gasteiger partial charge in [-0.3, -0.25) is 14.9 Å². The van der Waals surface area contributed by atoms with Crippen LogP contribution in [-0.2, 0) is 19.6 Å². The van der Waals surface area contributed by atoms with Crippen molar-refractivity contribution >= 4 is 21.7 Å². The molecule has 1 fully saturated rings. The quantitative estimate of drug-likeness (QED) is 0.319. The number of ether oxygens (including phenoxy) is 1. The minimum atomic E-state index is -4.06. The molecule has 0 aliphatic carbocycles. The van der Waals surface area contributed by atoms with Crippen LogP contribution in [0.4, 0.5) is 5.69 Å². The van der Waals surface area contributed by atoms with Gasteiger partial charge in [0.2, 0.25) is 10.0 Å². The third-order valence-corrected chi connectivity index (χ3v) is 6.33. The van der Waals surface area contributed by atoms with Crippen LogP contribution in [-0.4, -0.2) is 35.3 Å². The number of rotatable bonds is 5. The number of hydrogen-bond donors (Lipinski definition) is 0. The zero-order valence-corrected chi connectivity index (χ0v) is 17.3. The van der Waals surface area contributed by atoms with Gasteiger partial charge in [-0.1, -0.05) is 35.9 Å². The van der Waals surface area contributed by atoms with E-state index in [1.54, 1.807) is 39.0 Å². The molecule has 3 rings (SSSR count). The Labute approximate surface area is 169 Å². The van der Waals surface area contributed by atoms with Gasteiger partial charge in [0.1, 0.15) is 11.6 Å². The Bertz CT molecular complexity index is 1060. The summed E-state index contributed by atoms with van der Waals surface area (Å²) in [6.07, 6.45) is 0. The van der Waals surface area contributed by atoms with Crippen LogP contribution < -0.4 is 0 Å². The molecule has 0 saturated carbocycles. The maximum atomic E-state index is 13.2. The Morgan fingerprint density at radius 1 is 1.10 bits per heavy atom. The highest BCUT2D eigenvalue weighted by Crippen LogP contribution is 2.50. The second-order valence-electron chi connectivity index (χ2n) is 7.89. The average Bonchev–Trinajstić information content (AvgIpc) is 3.37. The smallest absolute Gasteiger partial charge is 0.327 e. The van der Waals surface area contributed by atoms with Crippen LogP contribution in [0.2, 0.25) is 0 Å². The highest BCUT2D eigenvalue weighted by molar-refractivity contribution is 7.89. The highest BCUT2D eigenvalue weighted by atomic mass is 32.2. The van der Waals surface area contributed by atoms with E-state index in [-0.39, 0.29) is 16.1 Å². The normalized spacial score (nSPS) is 21.4. The molecule has 0 radical (unpaired) electrons. The fraction of sp³-hybridized carbons (Fsp3) is 0.350. The van der Waals surface area contributed by atoms with Gasteiger partial charge in [0, 0.05) is 6.07 Å². The number of para-hydroxylation sites is 1. The number of aryl methyl sites for hydroxylation is 1. The topological polar surface area (TPSA) is 107 Å². The molecule has 1 heterocycles. The molecule has 1 saturated heterocycles. The molecule has 3 atom stereocenters. The van der Waals surface area contributed by atoms with E-state index in [2.05, 4.69) is 0 Å². The molecule has 8 nitrogen and oxygen atoms in total. The van der Waals surface area contributed by atoms with Gasteiger partial charge in [0.15, 0.2) is 0 Å². The molecule has 0 spiro atoms. The molecule has 0 bridgehead atoms. The van der Waals surface area contributed by atoms with Crippen LogP contribution in [0, 0.1) is 17.0 Å². The number of hydrogen-bond acceptors (Lipinski definition) is 6. The second kappa shape index (κ2) is 7.23. The van der Waals surface area contributed by atoms with Crippen LogP contribution in [0.5, 0.6) is 0 Å². The molecule has 1 aliphatic heterocycles. The fourth-order valence-corrected chi connectivity index (χ4v) is 4.85. The van der Waals surface area contributed by atoms with E-state index in [1.165, 1.54) is 30.3 Å². The van der Waals surface area contributed by atoms with E-state index >= 15 is 0 Å². The molecule has 154 valence electrons. The van der Waals surface area contributed by atoms with Crippen molar-refractivity contribution < 1.29 is 22.9 Å². The number of carbonyl (C=O) groups is 1. The largest absolute Gasteiger partial charge is 0.459 e. The SMILES string of the molecule is Cc1ccc(S(=O)(=O)N2C(C(=O)OC(C)(C)C)C2c2ccccc2[N+](=O)[O-])cc1. The molecule has 9 heteroatoms. The van der Waals surface area contributed by atoms with Gasteiger partial charge < -0.3 is 4.74 Å². The number of benzene rings is 2. The van der Waals surface area contributed by atoms with E-state index in [0.717, 1.165) is 9.87 Å². The third-order valence-electron chi connectivity index (χ3n) is 4.45. The molecule has 2 aromatic rings. The van der Waals surface area contributed by atoms with Gasteiger partial charge in [-0.15, -0.1) is 0 Å². The van der Waals surface area contributed by atoms with E-state index in [9.17, 15) is 23.3 Å². The van der Waals surface area contributed by atoms with Crippen LogP contribution in [0.1, 0.15) is 37.9 Å². The molecular formula is C20H22N2O6S. The standard InChI is InChI=1S/C20H22N2O6S/c1-13-9-11-14(12-10-13)29(26,27)21-17(18(21)19(23)28-20(2,3)4)15-7-5-6-8-16(15)22(24)25/h5-12,17-18H,1-4H3. The van der Waals surface area contributed by atoms with Crippen molar-refractivity contribution in [3.63, 3.8) is 0 Å². The second-order valence-corrected chi connectivity index (χ2v) is 9.73. The van der Waals surface area contributed by atoms with Crippen molar-refractivity contribution in [2.24, 2.45) is 0 Å². The molecule has 0 amide bonds. The summed E-state index contributed by atoms with van der Waals surface area (Å²) in [6, 6.07) is 9.85. The lowest BCUT2D eigenvalue weighted by atomic mass is 10.1. The summed E-state index contributed by atoms with van der Waals surface area (Å²) in [6.45, 7) is 6.84. The fourth-order valence-electron chi connectivity index (χ4n) is 3.15. The molecule has 2 aromatic carbocycles. The molecular weight excluding hydrogens is 396 g/mol. The van der Waals surface area contributed by atoms with Gasteiger partial charge >= 0.3 is 5.97 Å². The zero-order chi connectivity index (χ0) is 21.6. The Kier molecular flexibility index (Phi) is 5.22. The molecule has 29 heavy (non-hydrogen) atoms. The van der Waals surface area contributed by atoms with E-state index in [0.29, 0.717) is 0 Å². The van der Waals surface area contributed by atoms with Crippen molar-refractivity contribution in [1.29, 1.82) is 0 Å². The van der Waals surface area contributed by atoms with E-state index in [1.807, 2.05) is 6.92 Å². The summed E-state index contributed by atoms with van der Waals surface area (Å²) >= 11 is 0. The van der Waals surface area contributed by atoms with E-state index in [4.69, 9.17) is 4.74 Å². The van der Waals surface area contributed by atoms with Crippen LogP contribution in [0.25, 0.3) is 0 Å². The molecule has 1 aliphatic rings. The lowest BCUT2D eigenvalue weighted by Gasteiger charge is -2.19. The van der Waals surface area contributed by atoms with Gasteiger partial charge in [-0.25, -0.2) is 8.42 Å². The Morgan fingerprint density at radius 2 is 1.69 bits per heavy atom. The Morgan fingerprint density at radius 3 is 2.24 bits per heavy atom. The Balaban J connectivity index is 2.06. The number of esters is 1. The van der Waals surface area contributed by atoms with Gasteiger partial charge in [0.05, 0.1) is 21.4 Å². The van der Waals surface area contributed by atoms with Crippen molar-refractivity contribution in [3.8, 4) is 0 Å². The van der Waals surface area contributed by atoms with Crippen molar-refractivity contribution in [1.82, 2.24) is 4.31 Å². The maximum Gasteiger partial charge on any atom is 0.327 e. The number of sulfonamides is 1. The lowest BCUT2D eigenvalue weighted by Crippen LogP contribution is -2.29. The molecule has 3 unspecified atom stereocenters. The average molecular weight is 418 g/mol.